The van der Waals surface area contributed by atoms with Crippen LogP contribution in [0.4, 0.5) is 0 Å². The standard InChI is InChI=1S/C17H16ClN5O2/c1-9-16(23-7-11(18)2-3-14(23)21-9)17(25)22-12-4-10(5-12)13-6-15(24)20-8-19-13/h2-3,6-8,10,12H,4-5H2,1H3,(H,22,25)(H,19,20,24). The second kappa shape index (κ2) is 6.00. The lowest BCUT2D eigenvalue weighted by Crippen LogP contribution is -2.44. The van der Waals surface area contributed by atoms with Gasteiger partial charge in [0.15, 0.2) is 0 Å². The molecule has 0 bridgehead atoms. The predicted molar refractivity (Wildman–Crippen MR) is 93.0 cm³/mol. The van der Waals surface area contributed by atoms with Crippen LogP contribution in [0.1, 0.15) is 40.6 Å². The lowest BCUT2D eigenvalue weighted by atomic mass is 9.78. The molecule has 4 rings (SSSR count). The Labute approximate surface area is 148 Å². The molecule has 25 heavy (non-hydrogen) atoms. The molecule has 3 aromatic rings. The highest BCUT2D eigenvalue weighted by molar-refractivity contribution is 6.30. The van der Waals surface area contributed by atoms with Crippen molar-refractivity contribution in [1.82, 2.24) is 24.7 Å². The van der Waals surface area contributed by atoms with Crippen LogP contribution in [0.15, 0.2) is 35.5 Å². The summed E-state index contributed by atoms with van der Waals surface area (Å²) < 4.78 is 1.71. The summed E-state index contributed by atoms with van der Waals surface area (Å²) in [4.78, 5) is 35.1. The van der Waals surface area contributed by atoms with Gasteiger partial charge in [0.2, 0.25) is 0 Å². The van der Waals surface area contributed by atoms with Crippen molar-refractivity contribution in [3.05, 3.63) is 63.2 Å². The Morgan fingerprint density at radius 1 is 1.40 bits per heavy atom. The third-order valence-electron chi connectivity index (χ3n) is 4.56. The molecule has 0 aliphatic heterocycles. The lowest BCUT2D eigenvalue weighted by Gasteiger charge is -2.35. The first-order chi connectivity index (χ1) is 12.0. The van der Waals surface area contributed by atoms with Crippen molar-refractivity contribution >= 4 is 23.2 Å². The summed E-state index contributed by atoms with van der Waals surface area (Å²) in [6, 6.07) is 5.10. The molecule has 1 aliphatic rings. The van der Waals surface area contributed by atoms with Crippen LogP contribution < -0.4 is 10.9 Å². The Bertz CT molecular complexity index is 1020. The zero-order valence-electron chi connectivity index (χ0n) is 13.5. The topological polar surface area (TPSA) is 92.2 Å². The maximum atomic E-state index is 12.7. The largest absolute Gasteiger partial charge is 0.348 e. The number of hydrogen-bond donors (Lipinski definition) is 2. The molecular formula is C17H16ClN5O2. The second-order valence-electron chi connectivity index (χ2n) is 6.30. The molecule has 0 saturated heterocycles. The molecule has 3 aromatic heterocycles. The van der Waals surface area contributed by atoms with E-state index in [-0.39, 0.29) is 23.4 Å². The molecule has 1 fully saturated rings. The number of hydrogen-bond acceptors (Lipinski definition) is 4. The van der Waals surface area contributed by atoms with Crippen LogP contribution in [0.3, 0.4) is 0 Å². The Morgan fingerprint density at radius 3 is 2.96 bits per heavy atom. The third kappa shape index (κ3) is 2.91. The Kier molecular flexibility index (Phi) is 3.80. The van der Waals surface area contributed by atoms with E-state index in [2.05, 4.69) is 20.3 Å². The third-order valence-corrected chi connectivity index (χ3v) is 4.79. The molecule has 8 heteroatoms. The van der Waals surface area contributed by atoms with E-state index in [0.717, 1.165) is 18.5 Å². The first-order valence-corrected chi connectivity index (χ1v) is 8.39. The van der Waals surface area contributed by atoms with Crippen LogP contribution in [-0.4, -0.2) is 31.3 Å². The minimum Gasteiger partial charge on any atom is -0.348 e. The molecular weight excluding hydrogens is 342 g/mol. The van der Waals surface area contributed by atoms with E-state index in [4.69, 9.17) is 11.6 Å². The maximum absolute atomic E-state index is 12.7. The van der Waals surface area contributed by atoms with Gasteiger partial charge < -0.3 is 10.3 Å². The molecule has 128 valence electrons. The molecule has 0 atom stereocenters. The highest BCUT2D eigenvalue weighted by Crippen LogP contribution is 2.35. The number of fused-ring (bicyclic) bond motifs is 1. The van der Waals surface area contributed by atoms with Gasteiger partial charge in [0, 0.05) is 24.2 Å². The van der Waals surface area contributed by atoms with E-state index >= 15 is 0 Å². The summed E-state index contributed by atoms with van der Waals surface area (Å²) in [5.74, 6) is 0.0277. The number of aromatic amines is 1. The average Bonchev–Trinajstić information content (AvgIpc) is 2.85. The number of nitrogens with one attached hydrogen (secondary N) is 2. The van der Waals surface area contributed by atoms with Crippen molar-refractivity contribution in [2.45, 2.75) is 31.7 Å². The highest BCUT2D eigenvalue weighted by atomic mass is 35.5. The van der Waals surface area contributed by atoms with Crippen LogP contribution in [0.2, 0.25) is 5.02 Å². The van der Waals surface area contributed by atoms with Gasteiger partial charge in [0.05, 0.1) is 22.7 Å². The normalized spacial score (nSPS) is 19.6. The first-order valence-electron chi connectivity index (χ1n) is 8.01. The second-order valence-corrected chi connectivity index (χ2v) is 6.73. The summed E-state index contributed by atoms with van der Waals surface area (Å²) in [6.45, 7) is 1.81. The Hall–Kier alpha value is -2.67. The van der Waals surface area contributed by atoms with E-state index in [1.807, 2.05) is 0 Å². The Balaban J connectivity index is 1.48. The summed E-state index contributed by atoms with van der Waals surface area (Å²) in [7, 11) is 0. The Morgan fingerprint density at radius 2 is 2.20 bits per heavy atom. The summed E-state index contributed by atoms with van der Waals surface area (Å²) in [5, 5.41) is 3.57. The van der Waals surface area contributed by atoms with Crippen molar-refractivity contribution in [3.63, 3.8) is 0 Å². The molecule has 0 spiro atoms. The minimum atomic E-state index is -0.172. The van der Waals surface area contributed by atoms with Crippen molar-refractivity contribution in [2.75, 3.05) is 0 Å². The number of amides is 1. The smallest absolute Gasteiger partial charge is 0.270 e. The summed E-state index contributed by atoms with van der Waals surface area (Å²) in [6.07, 6.45) is 4.63. The van der Waals surface area contributed by atoms with E-state index in [0.29, 0.717) is 22.1 Å². The van der Waals surface area contributed by atoms with E-state index in [1.165, 1.54) is 12.4 Å². The lowest BCUT2D eigenvalue weighted by molar-refractivity contribution is 0.0901. The zero-order chi connectivity index (χ0) is 17.6. The van der Waals surface area contributed by atoms with Gasteiger partial charge in [0.1, 0.15) is 11.3 Å². The van der Waals surface area contributed by atoms with Gasteiger partial charge in [-0.25, -0.2) is 9.97 Å². The number of H-pyrrole nitrogens is 1. The van der Waals surface area contributed by atoms with Gasteiger partial charge >= 0.3 is 0 Å². The van der Waals surface area contributed by atoms with Crippen LogP contribution in [-0.2, 0) is 0 Å². The molecule has 0 unspecified atom stereocenters. The molecule has 0 radical (unpaired) electrons. The van der Waals surface area contributed by atoms with E-state index < -0.39 is 0 Å². The molecule has 7 nitrogen and oxygen atoms in total. The number of aryl methyl sites for hydroxylation is 1. The monoisotopic (exact) mass is 357 g/mol. The van der Waals surface area contributed by atoms with Gasteiger partial charge in [0.25, 0.3) is 11.5 Å². The number of carbonyl (C=O) groups excluding carboxylic acids is 1. The van der Waals surface area contributed by atoms with Crippen molar-refractivity contribution in [1.29, 1.82) is 0 Å². The van der Waals surface area contributed by atoms with Gasteiger partial charge in [-0.15, -0.1) is 0 Å². The number of rotatable bonds is 3. The van der Waals surface area contributed by atoms with Crippen molar-refractivity contribution < 1.29 is 4.79 Å². The molecule has 1 aliphatic carbocycles. The molecule has 0 aromatic carbocycles. The number of halogens is 1. The average molecular weight is 358 g/mol. The molecule has 1 amide bonds. The number of aromatic nitrogens is 4. The number of pyridine rings is 1. The summed E-state index contributed by atoms with van der Waals surface area (Å²) in [5.41, 5.74) is 2.45. The van der Waals surface area contributed by atoms with Crippen molar-refractivity contribution in [3.8, 4) is 0 Å². The minimum absolute atomic E-state index is 0.0581. The molecule has 2 N–H and O–H groups in total. The predicted octanol–water partition coefficient (Wildman–Crippen LogP) is 2.06. The van der Waals surface area contributed by atoms with Crippen LogP contribution in [0, 0.1) is 6.92 Å². The fourth-order valence-corrected chi connectivity index (χ4v) is 3.41. The van der Waals surface area contributed by atoms with E-state index in [9.17, 15) is 9.59 Å². The number of carbonyl (C=O) groups is 1. The highest BCUT2D eigenvalue weighted by Gasteiger charge is 2.33. The van der Waals surface area contributed by atoms with Crippen molar-refractivity contribution in [2.24, 2.45) is 0 Å². The quantitative estimate of drug-likeness (QED) is 0.750. The first kappa shape index (κ1) is 15.8. The fourth-order valence-electron chi connectivity index (χ4n) is 3.25. The van der Waals surface area contributed by atoms with E-state index in [1.54, 1.807) is 29.7 Å². The number of nitrogens with zero attached hydrogens (tertiary/aromatic N) is 3. The van der Waals surface area contributed by atoms with Gasteiger partial charge in [-0.2, -0.15) is 0 Å². The SMILES string of the molecule is Cc1nc2ccc(Cl)cn2c1C(=O)NC1CC(c2cc(=O)[nH]cn2)C1. The van der Waals surface area contributed by atoms with Crippen LogP contribution >= 0.6 is 11.6 Å². The van der Waals surface area contributed by atoms with Crippen LogP contribution in [0.25, 0.3) is 5.65 Å². The van der Waals surface area contributed by atoms with Gasteiger partial charge in [-0.05, 0) is 31.9 Å². The number of imidazole rings is 1. The summed E-state index contributed by atoms with van der Waals surface area (Å²) >= 11 is 6.03. The fraction of sp³-hybridized carbons (Fsp3) is 0.294. The zero-order valence-corrected chi connectivity index (χ0v) is 14.2. The van der Waals surface area contributed by atoms with Gasteiger partial charge in [-0.1, -0.05) is 11.6 Å². The maximum Gasteiger partial charge on any atom is 0.270 e. The molecule has 1 saturated carbocycles. The molecule has 3 heterocycles. The van der Waals surface area contributed by atoms with Gasteiger partial charge in [-0.3, -0.25) is 14.0 Å². The van der Waals surface area contributed by atoms with Crippen LogP contribution in [0.5, 0.6) is 0 Å².